The average Bonchev–Trinajstić information content (AvgIpc) is 3.22. The fourth-order valence-electron chi connectivity index (χ4n) is 2.49. The summed E-state index contributed by atoms with van der Waals surface area (Å²) in [7, 11) is 0. The van der Waals surface area contributed by atoms with Crippen LogP contribution in [0.2, 0.25) is 0 Å². The number of rotatable bonds is 6. The summed E-state index contributed by atoms with van der Waals surface area (Å²) in [5, 5.41) is 10.1. The van der Waals surface area contributed by atoms with Crippen molar-refractivity contribution in [3.05, 3.63) is 28.5 Å². The molecule has 0 radical (unpaired) electrons. The van der Waals surface area contributed by atoms with E-state index in [1.807, 2.05) is 16.3 Å². The standard InChI is InChI=1S/C15H20N4O2S/c1-2-15-18-11(10-22-15)6-14(20)17-12-7-16-19(8-12)9-13-4-3-5-21-13/h7-8,10,13H,2-6,9H2,1H3,(H,17,20)/t13-/m0/s1. The van der Waals surface area contributed by atoms with Gasteiger partial charge in [-0.3, -0.25) is 9.48 Å². The Kier molecular flexibility index (Phi) is 4.84. The summed E-state index contributed by atoms with van der Waals surface area (Å²) in [6.07, 6.45) is 7.15. The maximum Gasteiger partial charge on any atom is 0.230 e. The Morgan fingerprint density at radius 1 is 1.59 bits per heavy atom. The van der Waals surface area contributed by atoms with Crippen molar-refractivity contribution in [1.82, 2.24) is 14.8 Å². The van der Waals surface area contributed by atoms with Gasteiger partial charge in [0.25, 0.3) is 0 Å². The molecule has 0 aliphatic carbocycles. The van der Waals surface area contributed by atoms with Crippen LogP contribution in [0.3, 0.4) is 0 Å². The predicted molar refractivity (Wildman–Crippen MR) is 85.0 cm³/mol. The molecule has 0 aromatic carbocycles. The van der Waals surface area contributed by atoms with E-state index in [0.717, 1.165) is 43.1 Å². The molecule has 1 amide bonds. The fraction of sp³-hybridized carbons (Fsp3) is 0.533. The van der Waals surface area contributed by atoms with Crippen LogP contribution in [0.25, 0.3) is 0 Å². The zero-order valence-corrected chi connectivity index (χ0v) is 13.4. The lowest BCUT2D eigenvalue weighted by Crippen LogP contribution is -2.16. The van der Waals surface area contributed by atoms with E-state index in [0.29, 0.717) is 12.1 Å². The maximum absolute atomic E-state index is 12.0. The second kappa shape index (κ2) is 7.02. The minimum absolute atomic E-state index is 0.0652. The molecule has 1 aliphatic heterocycles. The van der Waals surface area contributed by atoms with E-state index in [1.54, 1.807) is 17.5 Å². The third kappa shape index (κ3) is 3.92. The molecule has 7 heteroatoms. The molecule has 3 rings (SSSR count). The zero-order valence-electron chi connectivity index (χ0n) is 12.6. The van der Waals surface area contributed by atoms with Gasteiger partial charge in [-0.2, -0.15) is 5.10 Å². The molecule has 3 heterocycles. The molecule has 1 atom stereocenters. The van der Waals surface area contributed by atoms with E-state index in [2.05, 4.69) is 22.3 Å². The number of nitrogens with zero attached hydrogens (tertiary/aromatic N) is 3. The highest BCUT2D eigenvalue weighted by Crippen LogP contribution is 2.15. The molecular weight excluding hydrogens is 300 g/mol. The Morgan fingerprint density at radius 3 is 3.23 bits per heavy atom. The lowest BCUT2D eigenvalue weighted by molar-refractivity contribution is -0.115. The van der Waals surface area contributed by atoms with Crippen LogP contribution in [0.5, 0.6) is 0 Å². The summed E-state index contributed by atoms with van der Waals surface area (Å²) >= 11 is 1.60. The number of carbonyl (C=O) groups excluding carboxylic acids is 1. The van der Waals surface area contributed by atoms with Crippen molar-refractivity contribution >= 4 is 22.9 Å². The number of carbonyl (C=O) groups is 1. The highest BCUT2D eigenvalue weighted by molar-refractivity contribution is 7.09. The summed E-state index contributed by atoms with van der Waals surface area (Å²) in [5.41, 5.74) is 1.54. The van der Waals surface area contributed by atoms with Gasteiger partial charge in [-0.25, -0.2) is 4.98 Å². The topological polar surface area (TPSA) is 69.0 Å². The van der Waals surface area contributed by atoms with E-state index >= 15 is 0 Å². The first kappa shape index (κ1) is 15.2. The molecule has 0 bridgehead atoms. The summed E-state index contributed by atoms with van der Waals surface area (Å²) in [6, 6.07) is 0. The number of ether oxygens (including phenoxy) is 1. The van der Waals surface area contributed by atoms with Gasteiger partial charge >= 0.3 is 0 Å². The number of aryl methyl sites for hydroxylation is 1. The first-order valence-corrected chi connectivity index (χ1v) is 8.48. The molecule has 22 heavy (non-hydrogen) atoms. The van der Waals surface area contributed by atoms with Gasteiger partial charge in [-0.05, 0) is 19.3 Å². The number of nitrogens with one attached hydrogen (secondary N) is 1. The van der Waals surface area contributed by atoms with Crippen LogP contribution < -0.4 is 5.32 Å². The summed E-state index contributed by atoms with van der Waals surface area (Å²) in [5.74, 6) is -0.0652. The van der Waals surface area contributed by atoms with Gasteiger partial charge in [0.05, 0.1) is 41.7 Å². The number of aromatic nitrogens is 3. The predicted octanol–water partition coefficient (Wildman–Crippen LogP) is 2.26. The minimum atomic E-state index is -0.0652. The number of thiazole rings is 1. The van der Waals surface area contributed by atoms with Gasteiger partial charge in [0, 0.05) is 18.2 Å². The van der Waals surface area contributed by atoms with Gasteiger partial charge in [0.1, 0.15) is 0 Å². The van der Waals surface area contributed by atoms with Crippen molar-refractivity contribution in [2.45, 2.75) is 45.3 Å². The molecule has 2 aromatic heterocycles. The molecule has 118 valence electrons. The van der Waals surface area contributed by atoms with Crippen molar-refractivity contribution in [2.75, 3.05) is 11.9 Å². The third-order valence-electron chi connectivity index (χ3n) is 3.58. The van der Waals surface area contributed by atoms with Crippen LogP contribution in [-0.4, -0.2) is 33.4 Å². The van der Waals surface area contributed by atoms with Crippen molar-refractivity contribution in [1.29, 1.82) is 0 Å². The number of anilines is 1. The lowest BCUT2D eigenvalue weighted by atomic mass is 10.2. The molecule has 1 fully saturated rings. The molecule has 0 spiro atoms. The van der Waals surface area contributed by atoms with Crippen molar-refractivity contribution in [2.24, 2.45) is 0 Å². The van der Waals surface area contributed by atoms with Crippen LogP contribution in [0.15, 0.2) is 17.8 Å². The van der Waals surface area contributed by atoms with E-state index in [1.165, 1.54) is 0 Å². The maximum atomic E-state index is 12.0. The largest absolute Gasteiger partial charge is 0.376 e. The highest BCUT2D eigenvalue weighted by Gasteiger charge is 2.16. The Balaban J connectivity index is 1.51. The molecule has 2 aromatic rings. The van der Waals surface area contributed by atoms with Crippen molar-refractivity contribution < 1.29 is 9.53 Å². The SMILES string of the molecule is CCc1nc(CC(=O)Nc2cnn(C[C@@H]3CCCO3)c2)cs1. The van der Waals surface area contributed by atoms with Crippen LogP contribution >= 0.6 is 11.3 Å². The molecule has 6 nitrogen and oxygen atoms in total. The van der Waals surface area contributed by atoms with E-state index < -0.39 is 0 Å². The molecule has 0 saturated carbocycles. The van der Waals surface area contributed by atoms with E-state index in [-0.39, 0.29) is 12.0 Å². The third-order valence-corrected chi connectivity index (χ3v) is 4.62. The zero-order chi connectivity index (χ0) is 15.4. The monoisotopic (exact) mass is 320 g/mol. The van der Waals surface area contributed by atoms with Gasteiger partial charge in [-0.1, -0.05) is 6.92 Å². The molecule has 1 N–H and O–H groups in total. The smallest absolute Gasteiger partial charge is 0.230 e. The Hall–Kier alpha value is -1.73. The van der Waals surface area contributed by atoms with Crippen LogP contribution in [0.1, 0.15) is 30.5 Å². The second-order valence-electron chi connectivity index (χ2n) is 5.40. The second-order valence-corrected chi connectivity index (χ2v) is 6.34. The highest BCUT2D eigenvalue weighted by atomic mass is 32.1. The summed E-state index contributed by atoms with van der Waals surface area (Å²) < 4.78 is 7.41. The van der Waals surface area contributed by atoms with Gasteiger partial charge in [-0.15, -0.1) is 11.3 Å². The van der Waals surface area contributed by atoms with Crippen LogP contribution in [-0.2, 0) is 28.9 Å². The van der Waals surface area contributed by atoms with Crippen LogP contribution in [0, 0.1) is 0 Å². The van der Waals surface area contributed by atoms with E-state index in [4.69, 9.17) is 4.74 Å². The van der Waals surface area contributed by atoms with Crippen molar-refractivity contribution in [3.63, 3.8) is 0 Å². The number of hydrogen-bond donors (Lipinski definition) is 1. The Morgan fingerprint density at radius 2 is 2.50 bits per heavy atom. The van der Waals surface area contributed by atoms with Crippen molar-refractivity contribution in [3.8, 4) is 0 Å². The molecule has 0 unspecified atom stereocenters. The van der Waals surface area contributed by atoms with Gasteiger partial charge < -0.3 is 10.1 Å². The lowest BCUT2D eigenvalue weighted by Gasteiger charge is -2.08. The first-order valence-electron chi connectivity index (χ1n) is 7.60. The van der Waals surface area contributed by atoms with Gasteiger partial charge in [0.2, 0.25) is 5.91 Å². The Labute approximate surface area is 133 Å². The minimum Gasteiger partial charge on any atom is -0.376 e. The normalized spacial score (nSPS) is 17.8. The summed E-state index contributed by atoms with van der Waals surface area (Å²) in [4.78, 5) is 16.4. The number of amides is 1. The van der Waals surface area contributed by atoms with E-state index in [9.17, 15) is 4.79 Å². The molecule has 1 saturated heterocycles. The first-order chi connectivity index (χ1) is 10.7. The van der Waals surface area contributed by atoms with Crippen LogP contribution in [0.4, 0.5) is 5.69 Å². The fourth-order valence-corrected chi connectivity index (χ4v) is 3.23. The van der Waals surface area contributed by atoms with Gasteiger partial charge in [0.15, 0.2) is 0 Å². The summed E-state index contributed by atoms with van der Waals surface area (Å²) in [6.45, 7) is 3.63. The Bertz CT molecular complexity index is 631. The number of hydrogen-bond acceptors (Lipinski definition) is 5. The molecular formula is C15H20N4O2S. The molecule has 1 aliphatic rings. The average molecular weight is 320 g/mol. The quantitative estimate of drug-likeness (QED) is 0.886.